The van der Waals surface area contributed by atoms with E-state index in [-0.39, 0.29) is 11.1 Å². The van der Waals surface area contributed by atoms with Gasteiger partial charge in [0.05, 0.1) is 4.92 Å². The van der Waals surface area contributed by atoms with Crippen LogP contribution < -0.4 is 10.7 Å². The molecule has 0 unspecified atom stereocenters. The molecule has 2 N–H and O–H groups in total. The third-order valence-electron chi connectivity index (χ3n) is 3.56. The molecule has 1 amide bonds. The van der Waals surface area contributed by atoms with Crippen molar-refractivity contribution < 1.29 is 9.72 Å². The molecule has 0 saturated carbocycles. The molecule has 3 rings (SSSR count). The van der Waals surface area contributed by atoms with Crippen molar-refractivity contribution in [3.63, 3.8) is 0 Å². The number of hydrogen-bond acceptors (Lipinski definition) is 4. The predicted molar refractivity (Wildman–Crippen MR) is 90.4 cm³/mol. The number of rotatable bonds is 3. The lowest BCUT2D eigenvalue weighted by atomic mass is 10.1. The van der Waals surface area contributed by atoms with Crippen molar-refractivity contribution in [2.75, 3.05) is 5.32 Å². The minimum absolute atomic E-state index is 0.0550. The molecular formula is C17H13N3O4. The SMILES string of the molecule is Cc1cc(=O)c2cc(C(=O)Nc3ccc([N+](=O)[O-])cc3)ccc2[nH]1. The number of amides is 1. The lowest BCUT2D eigenvalue weighted by Crippen LogP contribution is -2.13. The van der Waals surface area contributed by atoms with Crippen molar-refractivity contribution in [3.8, 4) is 0 Å². The molecule has 1 heterocycles. The zero-order valence-electron chi connectivity index (χ0n) is 12.7. The number of nitro groups is 1. The van der Waals surface area contributed by atoms with Gasteiger partial charge in [-0.25, -0.2) is 0 Å². The molecule has 2 aromatic carbocycles. The van der Waals surface area contributed by atoms with Gasteiger partial charge in [-0.1, -0.05) is 0 Å². The second-order valence-corrected chi connectivity index (χ2v) is 5.34. The van der Waals surface area contributed by atoms with Crippen molar-refractivity contribution in [3.05, 3.63) is 80.1 Å². The molecule has 0 saturated heterocycles. The Labute approximate surface area is 136 Å². The number of carbonyl (C=O) groups excluding carboxylic acids is 1. The van der Waals surface area contributed by atoms with Crippen molar-refractivity contribution in [1.29, 1.82) is 0 Å². The number of fused-ring (bicyclic) bond motifs is 1. The summed E-state index contributed by atoms with van der Waals surface area (Å²) in [4.78, 5) is 37.5. The summed E-state index contributed by atoms with van der Waals surface area (Å²) in [5.41, 5.74) is 1.95. The molecule has 120 valence electrons. The van der Waals surface area contributed by atoms with Crippen LogP contribution in [0.1, 0.15) is 16.1 Å². The number of hydrogen-bond donors (Lipinski definition) is 2. The van der Waals surface area contributed by atoms with E-state index in [1.165, 1.54) is 36.4 Å². The summed E-state index contributed by atoms with van der Waals surface area (Å²) < 4.78 is 0. The highest BCUT2D eigenvalue weighted by atomic mass is 16.6. The Morgan fingerprint density at radius 3 is 2.50 bits per heavy atom. The highest BCUT2D eigenvalue weighted by molar-refractivity contribution is 6.06. The Balaban J connectivity index is 1.88. The predicted octanol–water partition coefficient (Wildman–Crippen LogP) is 3.00. The highest BCUT2D eigenvalue weighted by Gasteiger charge is 2.10. The van der Waals surface area contributed by atoms with Crippen molar-refractivity contribution in [2.24, 2.45) is 0 Å². The average molecular weight is 323 g/mol. The number of nitrogens with zero attached hydrogens (tertiary/aromatic N) is 1. The Bertz CT molecular complexity index is 1010. The summed E-state index contributed by atoms with van der Waals surface area (Å²) in [5.74, 6) is -0.397. The standard InChI is InChI=1S/C17H13N3O4/c1-10-8-16(21)14-9-11(2-7-15(14)18-10)17(22)19-12-3-5-13(6-4-12)20(23)24/h2-9H,1H3,(H,18,21)(H,19,22). The molecule has 0 spiro atoms. The first-order valence-corrected chi connectivity index (χ1v) is 7.13. The van der Waals surface area contributed by atoms with Crippen molar-refractivity contribution in [1.82, 2.24) is 4.98 Å². The maximum Gasteiger partial charge on any atom is 0.269 e. The normalized spacial score (nSPS) is 10.5. The van der Waals surface area contributed by atoms with E-state index >= 15 is 0 Å². The molecule has 3 aromatic rings. The molecule has 0 aliphatic rings. The van der Waals surface area contributed by atoms with E-state index in [1.807, 2.05) is 0 Å². The van der Waals surface area contributed by atoms with Gasteiger partial charge in [-0.05, 0) is 37.3 Å². The highest BCUT2D eigenvalue weighted by Crippen LogP contribution is 2.17. The molecule has 1 aromatic heterocycles. The number of nitro benzene ring substituents is 1. The van der Waals surface area contributed by atoms with Gasteiger partial charge in [0.25, 0.3) is 11.6 Å². The number of aromatic nitrogens is 1. The van der Waals surface area contributed by atoms with Gasteiger partial charge in [-0.3, -0.25) is 19.7 Å². The Kier molecular flexibility index (Phi) is 3.83. The number of nitrogens with one attached hydrogen (secondary N) is 2. The summed E-state index contributed by atoms with van der Waals surface area (Å²) >= 11 is 0. The Morgan fingerprint density at radius 1 is 1.12 bits per heavy atom. The summed E-state index contributed by atoms with van der Waals surface area (Å²) in [6, 6.07) is 11.8. The topological polar surface area (TPSA) is 105 Å². The third kappa shape index (κ3) is 3.00. The van der Waals surface area contributed by atoms with E-state index in [2.05, 4.69) is 10.3 Å². The number of anilines is 1. The quantitative estimate of drug-likeness (QED) is 0.571. The van der Waals surface area contributed by atoms with Gasteiger partial charge in [0.15, 0.2) is 5.43 Å². The molecule has 7 heteroatoms. The van der Waals surface area contributed by atoms with E-state index < -0.39 is 10.8 Å². The molecule has 7 nitrogen and oxygen atoms in total. The van der Waals surface area contributed by atoms with Crippen LogP contribution >= 0.6 is 0 Å². The van der Waals surface area contributed by atoms with Crippen LogP contribution in [0.5, 0.6) is 0 Å². The van der Waals surface area contributed by atoms with E-state index in [1.54, 1.807) is 19.1 Å². The first-order valence-electron chi connectivity index (χ1n) is 7.13. The van der Waals surface area contributed by atoms with Gasteiger partial charge in [0.1, 0.15) is 0 Å². The van der Waals surface area contributed by atoms with Gasteiger partial charge in [-0.15, -0.1) is 0 Å². The van der Waals surface area contributed by atoms with Crippen LogP contribution in [0.15, 0.2) is 53.3 Å². The Hall–Kier alpha value is -3.48. The first kappa shape index (κ1) is 15.4. The van der Waals surface area contributed by atoms with Crippen LogP contribution in [0.4, 0.5) is 11.4 Å². The summed E-state index contributed by atoms with van der Waals surface area (Å²) in [7, 11) is 0. The fourth-order valence-electron chi connectivity index (χ4n) is 2.39. The van der Waals surface area contributed by atoms with Crippen LogP contribution in [-0.4, -0.2) is 15.8 Å². The number of pyridine rings is 1. The molecule has 0 fully saturated rings. The molecular weight excluding hydrogens is 310 g/mol. The summed E-state index contributed by atoms with van der Waals surface area (Å²) in [5, 5.41) is 13.7. The monoisotopic (exact) mass is 323 g/mol. The maximum atomic E-state index is 12.3. The zero-order chi connectivity index (χ0) is 17.3. The molecule has 0 aliphatic carbocycles. The maximum absolute atomic E-state index is 12.3. The number of aryl methyl sites for hydroxylation is 1. The molecule has 0 bridgehead atoms. The lowest BCUT2D eigenvalue weighted by molar-refractivity contribution is -0.384. The average Bonchev–Trinajstić information content (AvgIpc) is 2.55. The minimum Gasteiger partial charge on any atom is -0.358 e. The second-order valence-electron chi connectivity index (χ2n) is 5.34. The van der Waals surface area contributed by atoms with Crippen LogP contribution in [0.25, 0.3) is 10.9 Å². The van der Waals surface area contributed by atoms with E-state index in [0.717, 1.165) is 5.69 Å². The van der Waals surface area contributed by atoms with Gasteiger partial charge in [-0.2, -0.15) is 0 Å². The third-order valence-corrected chi connectivity index (χ3v) is 3.56. The fourth-order valence-corrected chi connectivity index (χ4v) is 2.39. The summed E-state index contributed by atoms with van der Waals surface area (Å²) in [6.07, 6.45) is 0. The zero-order valence-corrected chi connectivity index (χ0v) is 12.7. The number of non-ortho nitro benzene ring substituents is 1. The minimum atomic E-state index is -0.511. The van der Waals surface area contributed by atoms with Crippen LogP contribution in [-0.2, 0) is 0 Å². The number of carbonyl (C=O) groups is 1. The lowest BCUT2D eigenvalue weighted by Gasteiger charge is -2.06. The summed E-state index contributed by atoms with van der Waals surface area (Å²) in [6.45, 7) is 1.79. The van der Waals surface area contributed by atoms with Crippen LogP contribution in [0.2, 0.25) is 0 Å². The first-order chi connectivity index (χ1) is 11.4. The van der Waals surface area contributed by atoms with Gasteiger partial charge in [0, 0.05) is 46.0 Å². The van der Waals surface area contributed by atoms with Crippen LogP contribution in [0.3, 0.4) is 0 Å². The fraction of sp³-hybridized carbons (Fsp3) is 0.0588. The number of aromatic amines is 1. The molecule has 0 atom stereocenters. The van der Waals surface area contributed by atoms with E-state index in [0.29, 0.717) is 22.2 Å². The van der Waals surface area contributed by atoms with Crippen molar-refractivity contribution >= 4 is 28.2 Å². The second kappa shape index (κ2) is 5.96. The van der Waals surface area contributed by atoms with E-state index in [9.17, 15) is 19.7 Å². The van der Waals surface area contributed by atoms with E-state index in [4.69, 9.17) is 0 Å². The smallest absolute Gasteiger partial charge is 0.269 e. The van der Waals surface area contributed by atoms with Crippen LogP contribution in [0, 0.1) is 17.0 Å². The largest absolute Gasteiger partial charge is 0.358 e. The molecule has 24 heavy (non-hydrogen) atoms. The van der Waals surface area contributed by atoms with Gasteiger partial charge in [0.2, 0.25) is 0 Å². The van der Waals surface area contributed by atoms with Gasteiger partial charge < -0.3 is 10.3 Å². The number of H-pyrrole nitrogens is 1. The van der Waals surface area contributed by atoms with Crippen molar-refractivity contribution in [2.45, 2.75) is 6.92 Å². The number of benzene rings is 2. The molecule has 0 aliphatic heterocycles. The molecule has 0 radical (unpaired) electrons. The Morgan fingerprint density at radius 2 is 1.83 bits per heavy atom. The van der Waals surface area contributed by atoms with Gasteiger partial charge >= 0.3 is 0 Å².